The molecular formula is C16H26N2O2S. The molecule has 1 aliphatic heterocycles. The first-order valence-electron chi connectivity index (χ1n) is 7.72. The van der Waals surface area contributed by atoms with E-state index in [-0.39, 0.29) is 24.2 Å². The summed E-state index contributed by atoms with van der Waals surface area (Å²) in [5.41, 5.74) is 0. The fourth-order valence-electron chi connectivity index (χ4n) is 2.86. The summed E-state index contributed by atoms with van der Waals surface area (Å²) in [5, 5.41) is 3.52. The van der Waals surface area contributed by atoms with E-state index in [1.54, 1.807) is 18.4 Å². The molecule has 3 unspecified atom stereocenters. The van der Waals surface area contributed by atoms with Crippen LogP contribution < -0.4 is 5.32 Å². The summed E-state index contributed by atoms with van der Waals surface area (Å²) in [4.78, 5) is 17.2. The van der Waals surface area contributed by atoms with Gasteiger partial charge in [-0.2, -0.15) is 0 Å². The molecule has 1 aromatic heterocycles. The fourth-order valence-corrected chi connectivity index (χ4v) is 3.80. The van der Waals surface area contributed by atoms with Crippen molar-refractivity contribution < 1.29 is 9.53 Å². The van der Waals surface area contributed by atoms with E-state index in [2.05, 4.69) is 38.2 Å². The number of nitrogens with zero attached hydrogens (tertiary/aromatic N) is 1. The van der Waals surface area contributed by atoms with Crippen LogP contribution in [0, 0.1) is 6.92 Å². The maximum atomic E-state index is 12.7. The van der Waals surface area contributed by atoms with Crippen LogP contribution in [0.2, 0.25) is 0 Å². The third-order valence-electron chi connectivity index (χ3n) is 4.01. The molecule has 0 bridgehead atoms. The van der Waals surface area contributed by atoms with Gasteiger partial charge in [-0.25, -0.2) is 0 Å². The topological polar surface area (TPSA) is 41.6 Å². The molecule has 21 heavy (non-hydrogen) atoms. The van der Waals surface area contributed by atoms with Crippen molar-refractivity contribution in [1.82, 2.24) is 10.2 Å². The summed E-state index contributed by atoms with van der Waals surface area (Å²) in [6, 6.07) is 4.39. The molecule has 1 aromatic rings. The van der Waals surface area contributed by atoms with Crippen molar-refractivity contribution in [3.05, 3.63) is 21.9 Å². The third kappa shape index (κ3) is 3.65. The van der Waals surface area contributed by atoms with Crippen molar-refractivity contribution in [3.63, 3.8) is 0 Å². The lowest BCUT2D eigenvalue weighted by Gasteiger charge is -2.29. The van der Waals surface area contributed by atoms with Crippen LogP contribution in [0.15, 0.2) is 12.1 Å². The molecule has 0 saturated carbocycles. The predicted molar refractivity (Wildman–Crippen MR) is 86.4 cm³/mol. The highest BCUT2D eigenvalue weighted by atomic mass is 32.1. The van der Waals surface area contributed by atoms with Crippen molar-refractivity contribution in [2.75, 3.05) is 13.7 Å². The van der Waals surface area contributed by atoms with Crippen molar-refractivity contribution in [3.8, 4) is 0 Å². The zero-order chi connectivity index (χ0) is 15.4. The summed E-state index contributed by atoms with van der Waals surface area (Å²) in [6.45, 7) is 7.02. The number of ether oxygens (including phenoxy) is 1. The number of aryl methyl sites for hydroxylation is 1. The molecule has 0 aromatic carbocycles. The molecule has 0 radical (unpaired) electrons. The first kappa shape index (κ1) is 16.5. The number of thiophene rings is 1. The minimum atomic E-state index is -0.0487. The highest BCUT2D eigenvalue weighted by molar-refractivity contribution is 7.12. The molecule has 5 heteroatoms. The summed E-state index contributed by atoms with van der Waals surface area (Å²) in [5.74, 6) is 0.233. The van der Waals surface area contributed by atoms with Crippen molar-refractivity contribution in [1.29, 1.82) is 0 Å². The summed E-state index contributed by atoms with van der Waals surface area (Å²) >= 11 is 1.76. The monoisotopic (exact) mass is 310 g/mol. The number of nitrogens with one attached hydrogen (secondary N) is 1. The smallest absolute Gasteiger partial charge is 0.241 e. The molecular weight excluding hydrogens is 284 g/mol. The van der Waals surface area contributed by atoms with Gasteiger partial charge >= 0.3 is 0 Å². The van der Waals surface area contributed by atoms with E-state index in [9.17, 15) is 4.79 Å². The van der Waals surface area contributed by atoms with Crippen LogP contribution in [0.5, 0.6) is 0 Å². The van der Waals surface area contributed by atoms with Gasteiger partial charge in [0.2, 0.25) is 5.91 Å². The molecule has 1 fully saturated rings. The van der Waals surface area contributed by atoms with E-state index in [0.29, 0.717) is 6.61 Å². The average molecular weight is 310 g/mol. The Hall–Kier alpha value is -0.910. The number of rotatable bonds is 7. The van der Waals surface area contributed by atoms with E-state index < -0.39 is 0 Å². The molecule has 3 atom stereocenters. The van der Waals surface area contributed by atoms with Crippen molar-refractivity contribution >= 4 is 17.2 Å². The van der Waals surface area contributed by atoms with Gasteiger partial charge in [0.15, 0.2) is 0 Å². The van der Waals surface area contributed by atoms with Crippen LogP contribution in [-0.4, -0.2) is 36.6 Å². The normalized spacial score (nSPS) is 23.8. The lowest BCUT2D eigenvalue weighted by atomic mass is 10.1. The van der Waals surface area contributed by atoms with Gasteiger partial charge in [-0.05, 0) is 38.8 Å². The van der Waals surface area contributed by atoms with E-state index in [4.69, 9.17) is 4.74 Å². The van der Waals surface area contributed by atoms with E-state index in [1.807, 2.05) is 4.90 Å². The zero-order valence-electron chi connectivity index (χ0n) is 13.4. The van der Waals surface area contributed by atoms with Crippen LogP contribution in [0.3, 0.4) is 0 Å². The van der Waals surface area contributed by atoms with Crippen molar-refractivity contribution in [2.45, 2.75) is 58.3 Å². The molecule has 0 spiro atoms. The second kappa shape index (κ2) is 7.38. The minimum absolute atomic E-state index is 0.0135. The SMILES string of the molecule is CCCC1NC(c2ccc(C)s2)N(C(C)CCOC)C1=O. The van der Waals surface area contributed by atoms with E-state index >= 15 is 0 Å². The van der Waals surface area contributed by atoms with Gasteiger partial charge in [-0.3, -0.25) is 10.1 Å². The molecule has 1 saturated heterocycles. The largest absolute Gasteiger partial charge is 0.385 e. The molecule has 1 aliphatic rings. The van der Waals surface area contributed by atoms with Crippen molar-refractivity contribution in [2.24, 2.45) is 0 Å². The highest BCUT2D eigenvalue weighted by Crippen LogP contribution is 2.33. The average Bonchev–Trinajstić information content (AvgIpc) is 3.01. The van der Waals surface area contributed by atoms with Gasteiger partial charge in [0.1, 0.15) is 6.17 Å². The Balaban J connectivity index is 2.20. The van der Waals surface area contributed by atoms with Crippen LogP contribution >= 0.6 is 11.3 Å². The Morgan fingerprint density at radius 3 is 2.81 bits per heavy atom. The van der Waals surface area contributed by atoms with Crippen LogP contribution in [0.1, 0.15) is 49.0 Å². The first-order chi connectivity index (χ1) is 10.1. The minimum Gasteiger partial charge on any atom is -0.385 e. The fraction of sp³-hybridized carbons (Fsp3) is 0.688. The summed E-state index contributed by atoms with van der Waals surface area (Å²) in [6.07, 6.45) is 2.79. The third-order valence-corrected chi connectivity index (χ3v) is 5.07. The standard InChI is InChI=1S/C16H26N2O2S/c1-5-6-13-16(19)18(11(2)9-10-20-4)15(17-13)14-8-7-12(3)21-14/h7-8,11,13,15,17H,5-6,9-10H2,1-4H3. The molecule has 118 valence electrons. The van der Waals surface area contributed by atoms with Gasteiger partial charge in [0.05, 0.1) is 6.04 Å². The van der Waals surface area contributed by atoms with Gasteiger partial charge in [0.25, 0.3) is 0 Å². The number of carbonyl (C=O) groups excluding carboxylic acids is 1. The molecule has 1 amide bonds. The van der Waals surface area contributed by atoms with Gasteiger partial charge in [-0.1, -0.05) is 13.3 Å². The Kier molecular flexibility index (Phi) is 5.79. The molecule has 1 N–H and O–H groups in total. The Morgan fingerprint density at radius 2 is 2.24 bits per heavy atom. The Bertz CT molecular complexity index is 475. The van der Waals surface area contributed by atoms with Gasteiger partial charge < -0.3 is 9.64 Å². The molecule has 2 heterocycles. The maximum absolute atomic E-state index is 12.7. The first-order valence-corrected chi connectivity index (χ1v) is 8.53. The highest BCUT2D eigenvalue weighted by Gasteiger charge is 2.41. The molecule has 4 nitrogen and oxygen atoms in total. The van der Waals surface area contributed by atoms with Gasteiger partial charge in [0, 0.05) is 29.5 Å². The number of carbonyl (C=O) groups is 1. The summed E-state index contributed by atoms with van der Waals surface area (Å²) < 4.78 is 5.17. The lowest BCUT2D eigenvalue weighted by Crippen LogP contribution is -2.38. The van der Waals surface area contributed by atoms with Crippen LogP contribution in [-0.2, 0) is 9.53 Å². The Labute approximate surface area is 131 Å². The summed E-state index contributed by atoms with van der Waals surface area (Å²) in [7, 11) is 1.71. The quantitative estimate of drug-likeness (QED) is 0.841. The molecule has 0 aliphatic carbocycles. The zero-order valence-corrected chi connectivity index (χ0v) is 14.2. The Morgan fingerprint density at radius 1 is 1.48 bits per heavy atom. The van der Waals surface area contributed by atoms with E-state index in [1.165, 1.54) is 9.75 Å². The predicted octanol–water partition coefficient (Wildman–Crippen LogP) is 3.08. The van der Waals surface area contributed by atoms with Crippen LogP contribution in [0.4, 0.5) is 0 Å². The number of hydrogen-bond acceptors (Lipinski definition) is 4. The lowest BCUT2D eigenvalue weighted by molar-refractivity contribution is -0.132. The van der Waals surface area contributed by atoms with E-state index in [0.717, 1.165) is 19.3 Å². The maximum Gasteiger partial charge on any atom is 0.241 e. The second-order valence-electron chi connectivity index (χ2n) is 5.73. The van der Waals surface area contributed by atoms with Gasteiger partial charge in [-0.15, -0.1) is 11.3 Å². The molecule has 2 rings (SSSR count). The number of amides is 1. The second-order valence-corrected chi connectivity index (χ2v) is 7.05. The van der Waals surface area contributed by atoms with Crippen LogP contribution in [0.25, 0.3) is 0 Å². The number of methoxy groups -OCH3 is 1. The number of hydrogen-bond donors (Lipinski definition) is 1.